The molecule has 0 heterocycles. The van der Waals surface area contributed by atoms with Crippen molar-refractivity contribution >= 4 is 5.91 Å². The summed E-state index contributed by atoms with van der Waals surface area (Å²) >= 11 is 0. The first kappa shape index (κ1) is 23.9. The van der Waals surface area contributed by atoms with Crippen molar-refractivity contribution in [2.45, 2.75) is 96.6 Å². The van der Waals surface area contributed by atoms with E-state index in [1.54, 1.807) is 6.08 Å². The van der Waals surface area contributed by atoms with Gasteiger partial charge in [-0.3, -0.25) is 4.79 Å². The number of aliphatic hydroxyl groups is 2. The number of allylic oxidation sites excluding steroid dienone is 3. The topological polar surface area (TPSA) is 69.6 Å². The van der Waals surface area contributed by atoms with Crippen LogP contribution >= 0.6 is 0 Å². The largest absolute Gasteiger partial charge is 0.394 e. The Bertz CT molecular complexity index is 366. The molecule has 0 saturated heterocycles. The zero-order valence-corrected chi connectivity index (χ0v) is 16.3. The number of hydrogen-bond donors (Lipinski definition) is 3. The monoisotopic (exact) mass is 353 g/mol. The first-order chi connectivity index (χ1) is 12.2. The molecule has 2 unspecified atom stereocenters. The van der Waals surface area contributed by atoms with E-state index in [-0.39, 0.29) is 12.5 Å². The number of aliphatic hydroxyl groups excluding tert-OH is 2. The Morgan fingerprint density at radius 2 is 1.52 bits per heavy atom. The molecule has 0 aromatic rings. The van der Waals surface area contributed by atoms with Crippen LogP contribution in [0.25, 0.3) is 0 Å². The van der Waals surface area contributed by atoms with Crippen LogP contribution in [0.4, 0.5) is 0 Å². The van der Waals surface area contributed by atoms with Gasteiger partial charge in [0.05, 0.1) is 18.8 Å². The van der Waals surface area contributed by atoms with Crippen molar-refractivity contribution in [3.05, 3.63) is 24.3 Å². The lowest BCUT2D eigenvalue weighted by Crippen LogP contribution is -2.45. The summed E-state index contributed by atoms with van der Waals surface area (Å²) in [6.07, 6.45) is 18.6. The summed E-state index contributed by atoms with van der Waals surface area (Å²) in [5.74, 6) is -0.0931. The van der Waals surface area contributed by atoms with E-state index in [1.165, 1.54) is 25.7 Å². The molecule has 0 saturated carbocycles. The Morgan fingerprint density at radius 3 is 2.20 bits per heavy atom. The van der Waals surface area contributed by atoms with Crippen LogP contribution in [0.2, 0.25) is 0 Å². The zero-order valence-electron chi connectivity index (χ0n) is 16.3. The lowest BCUT2D eigenvalue weighted by Gasteiger charge is -2.19. The highest BCUT2D eigenvalue weighted by molar-refractivity contribution is 5.76. The zero-order chi connectivity index (χ0) is 18.8. The van der Waals surface area contributed by atoms with Crippen LogP contribution in [-0.4, -0.2) is 34.9 Å². The average Bonchev–Trinajstić information content (AvgIpc) is 2.61. The van der Waals surface area contributed by atoms with Gasteiger partial charge in [-0.2, -0.15) is 0 Å². The first-order valence-corrected chi connectivity index (χ1v) is 10.1. The molecule has 2 atom stereocenters. The van der Waals surface area contributed by atoms with E-state index >= 15 is 0 Å². The normalized spacial score (nSPS) is 14.2. The summed E-state index contributed by atoms with van der Waals surface area (Å²) in [5.41, 5.74) is 0. The molecule has 1 amide bonds. The Kier molecular flexibility index (Phi) is 16.9. The molecule has 0 rings (SSSR count). The molecular weight excluding hydrogens is 314 g/mol. The van der Waals surface area contributed by atoms with Gasteiger partial charge >= 0.3 is 0 Å². The lowest BCUT2D eigenvalue weighted by atomic mass is 10.1. The highest BCUT2D eigenvalue weighted by Gasteiger charge is 2.17. The minimum Gasteiger partial charge on any atom is -0.394 e. The van der Waals surface area contributed by atoms with E-state index in [2.05, 4.69) is 31.3 Å². The van der Waals surface area contributed by atoms with Gasteiger partial charge < -0.3 is 15.5 Å². The van der Waals surface area contributed by atoms with Crippen LogP contribution in [0.5, 0.6) is 0 Å². The summed E-state index contributed by atoms with van der Waals surface area (Å²) in [4.78, 5) is 11.9. The van der Waals surface area contributed by atoms with Gasteiger partial charge in [-0.1, -0.05) is 70.3 Å². The van der Waals surface area contributed by atoms with E-state index < -0.39 is 12.1 Å². The molecule has 25 heavy (non-hydrogen) atoms. The Morgan fingerprint density at radius 1 is 0.920 bits per heavy atom. The lowest BCUT2D eigenvalue weighted by molar-refractivity contribution is -0.123. The molecular formula is C21H39NO3. The van der Waals surface area contributed by atoms with E-state index in [1.807, 2.05) is 6.08 Å². The molecule has 0 aliphatic heterocycles. The van der Waals surface area contributed by atoms with Crippen molar-refractivity contribution in [3.8, 4) is 0 Å². The number of unbranched alkanes of at least 4 members (excludes halogenated alkanes) is 7. The van der Waals surface area contributed by atoms with Crippen molar-refractivity contribution in [2.75, 3.05) is 6.61 Å². The molecule has 0 fully saturated rings. The fraction of sp³-hybridized carbons (Fsp3) is 0.762. The number of amides is 1. The highest BCUT2D eigenvalue weighted by Crippen LogP contribution is 2.08. The van der Waals surface area contributed by atoms with Gasteiger partial charge in [-0.05, 0) is 32.1 Å². The third kappa shape index (κ3) is 14.9. The molecule has 0 aliphatic rings. The minimum atomic E-state index is -0.832. The predicted octanol–water partition coefficient (Wildman–Crippen LogP) is 4.27. The van der Waals surface area contributed by atoms with E-state index in [4.69, 9.17) is 0 Å². The van der Waals surface area contributed by atoms with Gasteiger partial charge in [0, 0.05) is 6.42 Å². The van der Waals surface area contributed by atoms with Crippen LogP contribution in [-0.2, 0) is 4.79 Å². The fourth-order valence-corrected chi connectivity index (χ4v) is 2.53. The van der Waals surface area contributed by atoms with E-state index in [0.29, 0.717) is 6.42 Å². The second-order valence-electron chi connectivity index (χ2n) is 6.63. The van der Waals surface area contributed by atoms with Gasteiger partial charge in [-0.15, -0.1) is 0 Å². The highest BCUT2D eigenvalue weighted by atomic mass is 16.3. The molecule has 0 bridgehead atoms. The number of carbonyl (C=O) groups is 1. The maximum atomic E-state index is 11.9. The van der Waals surface area contributed by atoms with Crippen molar-refractivity contribution in [2.24, 2.45) is 0 Å². The summed E-state index contributed by atoms with van der Waals surface area (Å²) in [7, 11) is 0. The van der Waals surface area contributed by atoms with Gasteiger partial charge in [0.25, 0.3) is 0 Å². The molecule has 146 valence electrons. The maximum absolute atomic E-state index is 11.9. The second-order valence-corrected chi connectivity index (χ2v) is 6.63. The number of hydrogen-bond acceptors (Lipinski definition) is 3. The smallest absolute Gasteiger partial charge is 0.220 e. The Hall–Kier alpha value is -1.13. The summed E-state index contributed by atoms with van der Waals surface area (Å²) in [5, 5.41) is 22.0. The summed E-state index contributed by atoms with van der Waals surface area (Å²) in [6.45, 7) is 3.99. The molecule has 0 radical (unpaired) electrons. The SMILES string of the molecule is CCC/C=C\CCCCCCCC(=O)NC(CO)C(O)/C=C/CCC. The third-order valence-electron chi connectivity index (χ3n) is 4.14. The second kappa shape index (κ2) is 17.7. The van der Waals surface area contributed by atoms with Crippen LogP contribution < -0.4 is 5.32 Å². The molecule has 4 nitrogen and oxygen atoms in total. The van der Waals surface area contributed by atoms with Crippen molar-refractivity contribution in [1.29, 1.82) is 0 Å². The maximum Gasteiger partial charge on any atom is 0.220 e. The number of nitrogens with one attached hydrogen (secondary N) is 1. The predicted molar refractivity (Wildman–Crippen MR) is 105 cm³/mol. The first-order valence-electron chi connectivity index (χ1n) is 10.1. The van der Waals surface area contributed by atoms with Gasteiger partial charge in [0.2, 0.25) is 5.91 Å². The van der Waals surface area contributed by atoms with E-state index in [0.717, 1.165) is 38.5 Å². The van der Waals surface area contributed by atoms with Crippen LogP contribution in [0, 0.1) is 0 Å². The third-order valence-corrected chi connectivity index (χ3v) is 4.14. The Labute approximate surface area is 154 Å². The van der Waals surface area contributed by atoms with Crippen molar-refractivity contribution < 1.29 is 15.0 Å². The summed E-state index contributed by atoms with van der Waals surface area (Å²) < 4.78 is 0. The molecule has 0 aliphatic carbocycles. The Balaban J connectivity index is 3.73. The van der Waals surface area contributed by atoms with Gasteiger partial charge in [-0.25, -0.2) is 0 Å². The molecule has 0 spiro atoms. The average molecular weight is 354 g/mol. The van der Waals surface area contributed by atoms with Crippen LogP contribution in [0.3, 0.4) is 0 Å². The molecule has 0 aromatic heterocycles. The minimum absolute atomic E-state index is 0.0931. The quantitative estimate of drug-likeness (QED) is 0.287. The molecule has 4 heteroatoms. The number of carbonyl (C=O) groups excluding carboxylic acids is 1. The van der Waals surface area contributed by atoms with Gasteiger partial charge in [0.1, 0.15) is 0 Å². The van der Waals surface area contributed by atoms with Crippen LogP contribution in [0.1, 0.15) is 84.5 Å². The van der Waals surface area contributed by atoms with Crippen molar-refractivity contribution in [3.63, 3.8) is 0 Å². The standard InChI is InChI=1S/C21H39NO3/c1-3-5-7-8-9-10-11-12-13-15-17-21(25)22-19(18-23)20(24)16-14-6-4-2/h7-8,14,16,19-20,23-24H,3-6,9-13,15,17-18H2,1-2H3,(H,22,25)/b8-7-,16-14+. The van der Waals surface area contributed by atoms with Crippen molar-refractivity contribution in [1.82, 2.24) is 5.32 Å². The fourth-order valence-electron chi connectivity index (χ4n) is 2.53. The van der Waals surface area contributed by atoms with Gasteiger partial charge in [0.15, 0.2) is 0 Å². The molecule has 0 aromatic carbocycles. The summed E-state index contributed by atoms with van der Waals surface area (Å²) in [6, 6.07) is -0.615. The number of rotatable bonds is 16. The van der Waals surface area contributed by atoms with Crippen LogP contribution in [0.15, 0.2) is 24.3 Å². The van der Waals surface area contributed by atoms with E-state index in [9.17, 15) is 15.0 Å². The molecule has 3 N–H and O–H groups in total.